The third-order valence-electron chi connectivity index (χ3n) is 4.37. The fourth-order valence-electron chi connectivity index (χ4n) is 2.87. The second-order valence-electron chi connectivity index (χ2n) is 6.76. The number of anilines is 1. The number of hydrogen-bond donors (Lipinski definition) is 2. The Morgan fingerprint density at radius 3 is 2.62 bits per heavy atom. The molecule has 7 nitrogen and oxygen atoms in total. The highest BCUT2D eigenvalue weighted by Gasteiger charge is 2.21. The highest BCUT2D eigenvalue weighted by atomic mass is 79.9. The summed E-state index contributed by atoms with van der Waals surface area (Å²) in [5, 5.41) is 15.1. The maximum atomic E-state index is 12.6. The first-order chi connectivity index (χ1) is 15.4. The number of thioether (sulfide) groups is 1. The molecular weight excluding hydrogens is 514 g/mol. The smallest absolute Gasteiger partial charge is 0.253 e. The van der Waals surface area contributed by atoms with Crippen molar-refractivity contribution in [1.82, 2.24) is 20.1 Å². The van der Waals surface area contributed by atoms with Crippen molar-refractivity contribution >= 4 is 56.8 Å². The molecule has 0 spiro atoms. The monoisotopic (exact) mass is 533 g/mol. The lowest BCUT2D eigenvalue weighted by atomic mass is 10.2. The Morgan fingerprint density at radius 2 is 1.94 bits per heavy atom. The van der Waals surface area contributed by atoms with Crippen molar-refractivity contribution in [3.05, 3.63) is 82.1 Å². The van der Waals surface area contributed by atoms with Gasteiger partial charge in [-0.05, 0) is 43.3 Å². The van der Waals surface area contributed by atoms with E-state index >= 15 is 0 Å². The van der Waals surface area contributed by atoms with Crippen LogP contribution in [0.15, 0.2) is 70.8 Å². The van der Waals surface area contributed by atoms with Crippen molar-refractivity contribution in [3.8, 4) is 0 Å². The zero-order valence-corrected chi connectivity index (χ0v) is 20.4. The number of nitrogens with one attached hydrogen (secondary N) is 2. The van der Waals surface area contributed by atoms with Crippen molar-refractivity contribution in [3.63, 3.8) is 0 Å². The van der Waals surface area contributed by atoms with E-state index < -0.39 is 6.04 Å². The van der Waals surface area contributed by atoms with E-state index in [9.17, 15) is 9.59 Å². The molecule has 1 atom stereocenters. The minimum absolute atomic E-state index is 0.158. The highest BCUT2D eigenvalue weighted by Crippen LogP contribution is 2.22. The molecule has 1 heterocycles. The molecule has 0 fully saturated rings. The highest BCUT2D eigenvalue weighted by molar-refractivity contribution is 9.10. The first-order valence-corrected chi connectivity index (χ1v) is 11.8. The van der Waals surface area contributed by atoms with E-state index in [1.54, 1.807) is 30.3 Å². The average Bonchev–Trinajstić information content (AvgIpc) is 3.17. The van der Waals surface area contributed by atoms with Crippen LogP contribution in [-0.4, -0.2) is 32.3 Å². The van der Waals surface area contributed by atoms with Crippen LogP contribution in [0.4, 0.5) is 5.69 Å². The van der Waals surface area contributed by atoms with Crippen molar-refractivity contribution in [2.24, 2.45) is 0 Å². The summed E-state index contributed by atoms with van der Waals surface area (Å²) in [5.74, 6) is 0.249. The largest absolute Gasteiger partial charge is 0.342 e. The number of rotatable bonds is 9. The molecule has 0 aliphatic heterocycles. The number of nitrogens with zero attached hydrogens (tertiary/aromatic N) is 3. The summed E-state index contributed by atoms with van der Waals surface area (Å²) >= 11 is 10.7. The second kappa shape index (κ2) is 11.3. The molecule has 10 heteroatoms. The molecule has 166 valence electrons. The van der Waals surface area contributed by atoms with Crippen LogP contribution in [0.5, 0.6) is 0 Å². The molecule has 0 saturated carbocycles. The van der Waals surface area contributed by atoms with Gasteiger partial charge in [-0.3, -0.25) is 9.59 Å². The van der Waals surface area contributed by atoms with E-state index in [4.69, 9.17) is 11.6 Å². The van der Waals surface area contributed by atoms with Gasteiger partial charge >= 0.3 is 0 Å². The molecule has 0 aliphatic rings. The number of benzene rings is 2. The number of carbonyl (C=O) groups excluding carboxylic acids is 2. The Labute approximate surface area is 203 Å². The molecule has 0 unspecified atom stereocenters. The second-order valence-corrected chi connectivity index (χ2v) is 9.02. The number of carbonyl (C=O) groups is 2. The number of aromatic nitrogens is 3. The summed E-state index contributed by atoms with van der Waals surface area (Å²) in [4.78, 5) is 24.9. The van der Waals surface area contributed by atoms with Crippen LogP contribution in [0.25, 0.3) is 0 Å². The molecule has 3 rings (SSSR count). The summed E-state index contributed by atoms with van der Waals surface area (Å²) in [6.45, 7) is 6.03. The van der Waals surface area contributed by atoms with E-state index in [2.05, 4.69) is 43.3 Å². The lowest BCUT2D eigenvalue weighted by Crippen LogP contribution is -2.29. The Hall–Kier alpha value is -2.62. The maximum absolute atomic E-state index is 12.6. The molecule has 0 radical (unpaired) electrons. The quantitative estimate of drug-likeness (QED) is 0.294. The molecule has 3 aromatic rings. The zero-order chi connectivity index (χ0) is 23.1. The lowest BCUT2D eigenvalue weighted by Gasteiger charge is -2.15. The molecule has 1 aromatic heterocycles. The number of amides is 2. The molecule has 0 aliphatic carbocycles. The average molecular weight is 535 g/mol. The van der Waals surface area contributed by atoms with Gasteiger partial charge < -0.3 is 15.2 Å². The lowest BCUT2D eigenvalue weighted by molar-refractivity contribution is -0.113. The van der Waals surface area contributed by atoms with Gasteiger partial charge in [-0.15, -0.1) is 16.8 Å². The Morgan fingerprint density at radius 1 is 1.22 bits per heavy atom. The number of hydrogen-bond acceptors (Lipinski definition) is 5. The van der Waals surface area contributed by atoms with Crippen LogP contribution in [0.3, 0.4) is 0 Å². The van der Waals surface area contributed by atoms with Gasteiger partial charge in [-0.1, -0.05) is 57.5 Å². The van der Waals surface area contributed by atoms with Crippen LogP contribution in [-0.2, 0) is 11.3 Å². The van der Waals surface area contributed by atoms with Crippen LogP contribution in [0.2, 0.25) is 5.02 Å². The normalized spacial score (nSPS) is 11.6. The molecule has 0 bridgehead atoms. The standard InChI is InChI=1S/C22H21BrClN5O2S/c1-3-12-29-20(14(2)25-21(31)17-6-4-5-7-18(17)24)27-28-22(29)32-13-19(30)26-16-10-8-15(23)9-11-16/h3-11,14H,1,12-13H2,2H3,(H,25,31)(H,26,30)/t14-/m0/s1. The third kappa shape index (κ3) is 6.21. The predicted octanol–water partition coefficient (Wildman–Crippen LogP) is 5.10. The van der Waals surface area contributed by atoms with E-state index in [1.807, 2.05) is 35.8 Å². The summed E-state index contributed by atoms with van der Waals surface area (Å²) in [5.41, 5.74) is 1.10. The van der Waals surface area contributed by atoms with Gasteiger partial charge in [-0.25, -0.2) is 0 Å². The fraction of sp³-hybridized carbons (Fsp3) is 0.182. The van der Waals surface area contributed by atoms with Gasteiger partial charge in [0, 0.05) is 16.7 Å². The topological polar surface area (TPSA) is 88.9 Å². The van der Waals surface area contributed by atoms with Crippen molar-refractivity contribution in [1.29, 1.82) is 0 Å². The first-order valence-electron chi connectivity index (χ1n) is 9.66. The van der Waals surface area contributed by atoms with E-state index in [1.165, 1.54) is 11.8 Å². The Bertz CT molecular complexity index is 1120. The van der Waals surface area contributed by atoms with Gasteiger partial charge in [0.15, 0.2) is 11.0 Å². The van der Waals surface area contributed by atoms with Crippen LogP contribution in [0, 0.1) is 0 Å². The van der Waals surface area contributed by atoms with Crippen molar-refractivity contribution in [2.75, 3.05) is 11.1 Å². The fourth-order valence-corrected chi connectivity index (χ4v) is 4.11. The van der Waals surface area contributed by atoms with Gasteiger partial charge in [0.1, 0.15) is 0 Å². The summed E-state index contributed by atoms with van der Waals surface area (Å²) in [7, 11) is 0. The Kier molecular flexibility index (Phi) is 8.49. The molecule has 2 aromatic carbocycles. The molecule has 32 heavy (non-hydrogen) atoms. The number of halogens is 2. The minimum Gasteiger partial charge on any atom is -0.342 e. The summed E-state index contributed by atoms with van der Waals surface area (Å²) in [6, 6.07) is 13.7. The molecular formula is C22H21BrClN5O2S. The third-order valence-corrected chi connectivity index (χ3v) is 6.20. The zero-order valence-electron chi connectivity index (χ0n) is 17.2. The van der Waals surface area contributed by atoms with Crippen LogP contribution in [0.1, 0.15) is 29.1 Å². The summed E-state index contributed by atoms with van der Waals surface area (Å²) in [6.07, 6.45) is 1.71. The van der Waals surface area contributed by atoms with Gasteiger partial charge in [0.05, 0.1) is 22.4 Å². The van der Waals surface area contributed by atoms with Crippen LogP contribution >= 0.6 is 39.3 Å². The van der Waals surface area contributed by atoms with Crippen molar-refractivity contribution < 1.29 is 9.59 Å². The van der Waals surface area contributed by atoms with E-state index in [-0.39, 0.29) is 17.6 Å². The van der Waals surface area contributed by atoms with Crippen molar-refractivity contribution in [2.45, 2.75) is 24.7 Å². The molecule has 2 amide bonds. The molecule has 2 N–H and O–H groups in total. The SMILES string of the molecule is C=CCn1c(SCC(=O)Nc2ccc(Br)cc2)nnc1[C@H](C)NC(=O)c1ccccc1Cl. The van der Waals surface area contributed by atoms with Gasteiger partial charge in [-0.2, -0.15) is 0 Å². The van der Waals surface area contributed by atoms with E-state index in [0.29, 0.717) is 33.8 Å². The summed E-state index contributed by atoms with van der Waals surface area (Å²) < 4.78 is 2.76. The predicted molar refractivity (Wildman–Crippen MR) is 131 cm³/mol. The number of allylic oxidation sites excluding steroid dienone is 1. The van der Waals surface area contributed by atoms with Crippen LogP contribution < -0.4 is 10.6 Å². The van der Waals surface area contributed by atoms with E-state index in [0.717, 1.165) is 4.47 Å². The minimum atomic E-state index is -0.433. The molecule has 0 saturated heterocycles. The van der Waals surface area contributed by atoms with Gasteiger partial charge in [0.25, 0.3) is 5.91 Å². The van der Waals surface area contributed by atoms with Gasteiger partial charge in [0.2, 0.25) is 5.91 Å². The maximum Gasteiger partial charge on any atom is 0.253 e. The Balaban J connectivity index is 1.67. The first kappa shape index (κ1) is 24.0.